The molecule has 0 saturated heterocycles. The highest BCUT2D eigenvalue weighted by atomic mass is 16.4. The van der Waals surface area contributed by atoms with Gasteiger partial charge < -0.3 is 21.1 Å². The van der Waals surface area contributed by atoms with Gasteiger partial charge in [-0.05, 0) is 18.8 Å². The van der Waals surface area contributed by atoms with Crippen LogP contribution in [-0.2, 0) is 9.59 Å². The molecule has 122 valence electrons. The van der Waals surface area contributed by atoms with E-state index in [1.165, 1.54) is 0 Å². The minimum absolute atomic E-state index is 0.0374. The average molecular weight is 301 g/mol. The average Bonchev–Trinajstić information content (AvgIpc) is 2.36. The van der Waals surface area contributed by atoms with Gasteiger partial charge in [0.15, 0.2) is 0 Å². The summed E-state index contributed by atoms with van der Waals surface area (Å²) < 4.78 is 0. The van der Waals surface area contributed by atoms with Crippen LogP contribution in [0.4, 0.5) is 4.79 Å². The largest absolute Gasteiger partial charge is 0.480 e. The van der Waals surface area contributed by atoms with Gasteiger partial charge in [-0.2, -0.15) is 0 Å². The fourth-order valence-electron chi connectivity index (χ4n) is 2.15. The molecule has 0 aliphatic rings. The van der Waals surface area contributed by atoms with Crippen molar-refractivity contribution in [2.45, 2.75) is 59.0 Å². The maximum absolute atomic E-state index is 12.3. The Balaban J connectivity index is 5.00. The smallest absolute Gasteiger partial charge is 0.326 e. The number of carboxylic acid groups (broad SMARTS) is 1. The highest BCUT2D eigenvalue weighted by Crippen LogP contribution is 2.12. The van der Waals surface area contributed by atoms with Crippen molar-refractivity contribution >= 4 is 17.9 Å². The molecule has 0 heterocycles. The van der Waals surface area contributed by atoms with Crippen molar-refractivity contribution < 1.29 is 19.5 Å². The zero-order chi connectivity index (χ0) is 16.6. The van der Waals surface area contributed by atoms with Crippen molar-refractivity contribution in [3.63, 3.8) is 0 Å². The third-order valence-corrected chi connectivity index (χ3v) is 3.21. The van der Waals surface area contributed by atoms with Crippen LogP contribution in [0, 0.1) is 5.92 Å². The fourth-order valence-corrected chi connectivity index (χ4v) is 2.15. The molecule has 7 nitrogen and oxygen atoms in total. The van der Waals surface area contributed by atoms with E-state index >= 15 is 0 Å². The summed E-state index contributed by atoms with van der Waals surface area (Å²) in [5, 5.41) is 11.4. The Morgan fingerprint density at radius 2 is 1.71 bits per heavy atom. The van der Waals surface area contributed by atoms with Crippen LogP contribution >= 0.6 is 0 Å². The lowest BCUT2D eigenvalue weighted by Crippen LogP contribution is -2.53. The predicted molar refractivity (Wildman–Crippen MR) is 79.7 cm³/mol. The van der Waals surface area contributed by atoms with Crippen LogP contribution in [-0.4, -0.2) is 46.5 Å². The standard InChI is InChI=1S/C14H27N3O4/c1-5-10(6-2)17(8-9(3)4)14(21)16-11(13(19)20)7-12(15)18/h9-11H,5-8H2,1-4H3,(H2,15,18)(H,16,21)(H,19,20). The topological polar surface area (TPSA) is 113 Å². The molecule has 0 aromatic rings. The summed E-state index contributed by atoms with van der Waals surface area (Å²) in [5.41, 5.74) is 5.01. The van der Waals surface area contributed by atoms with E-state index in [1.54, 1.807) is 4.90 Å². The third kappa shape index (κ3) is 6.97. The Morgan fingerprint density at radius 3 is 2.05 bits per heavy atom. The van der Waals surface area contributed by atoms with E-state index in [4.69, 9.17) is 10.8 Å². The quantitative estimate of drug-likeness (QED) is 0.593. The van der Waals surface area contributed by atoms with Crippen LogP contribution in [0.5, 0.6) is 0 Å². The molecule has 7 heteroatoms. The first-order valence-electron chi connectivity index (χ1n) is 7.31. The summed E-state index contributed by atoms with van der Waals surface area (Å²) in [5.74, 6) is -1.77. The van der Waals surface area contributed by atoms with E-state index in [0.717, 1.165) is 12.8 Å². The summed E-state index contributed by atoms with van der Waals surface area (Å²) >= 11 is 0. The van der Waals surface area contributed by atoms with E-state index in [2.05, 4.69) is 5.32 Å². The molecule has 3 amide bonds. The minimum atomic E-state index is -1.29. The summed E-state index contributed by atoms with van der Waals surface area (Å²) in [4.78, 5) is 35.9. The Hall–Kier alpha value is -1.79. The summed E-state index contributed by atoms with van der Waals surface area (Å²) in [7, 11) is 0. The van der Waals surface area contributed by atoms with Crippen molar-refractivity contribution in [1.82, 2.24) is 10.2 Å². The van der Waals surface area contributed by atoms with Gasteiger partial charge in [-0.1, -0.05) is 27.7 Å². The lowest BCUT2D eigenvalue weighted by atomic mass is 10.1. The van der Waals surface area contributed by atoms with Crippen molar-refractivity contribution in [1.29, 1.82) is 0 Å². The monoisotopic (exact) mass is 301 g/mol. The predicted octanol–water partition coefficient (Wildman–Crippen LogP) is 1.17. The molecule has 21 heavy (non-hydrogen) atoms. The second kappa shape index (κ2) is 9.20. The second-order valence-electron chi connectivity index (χ2n) is 5.53. The van der Waals surface area contributed by atoms with Gasteiger partial charge in [0.05, 0.1) is 6.42 Å². The molecule has 1 atom stereocenters. The number of carboxylic acids is 1. The van der Waals surface area contributed by atoms with E-state index in [0.29, 0.717) is 6.54 Å². The molecule has 0 aliphatic carbocycles. The maximum atomic E-state index is 12.3. The molecule has 0 bridgehead atoms. The first-order chi connectivity index (χ1) is 9.72. The molecule has 0 aromatic carbocycles. The lowest BCUT2D eigenvalue weighted by molar-refractivity contribution is -0.141. The molecule has 0 saturated carbocycles. The molecule has 0 rings (SSSR count). The first kappa shape index (κ1) is 19.2. The number of nitrogens with zero attached hydrogens (tertiary/aromatic N) is 1. The van der Waals surface area contributed by atoms with Gasteiger partial charge in [-0.3, -0.25) is 4.79 Å². The molecule has 4 N–H and O–H groups in total. The van der Waals surface area contributed by atoms with Crippen LogP contribution in [0.3, 0.4) is 0 Å². The van der Waals surface area contributed by atoms with Crippen LogP contribution in [0.25, 0.3) is 0 Å². The van der Waals surface area contributed by atoms with Crippen LogP contribution in [0.2, 0.25) is 0 Å². The number of urea groups is 1. The Kier molecular flexibility index (Phi) is 8.42. The van der Waals surface area contributed by atoms with Gasteiger partial charge in [0.2, 0.25) is 5.91 Å². The minimum Gasteiger partial charge on any atom is -0.480 e. The number of amides is 3. The van der Waals surface area contributed by atoms with E-state index in [1.807, 2.05) is 27.7 Å². The molecule has 0 aliphatic heterocycles. The number of hydrogen-bond donors (Lipinski definition) is 3. The van der Waals surface area contributed by atoms with Crippen molar-refractivity contribution in [3.8, 4) is 0 Å². The normalized spacial score (nSPS) is 12.3. The van der Waals surface area contributed by atoms with E-state index in [9.17, 15) is 14.4 Å². The highest BCUT2D eigenvalue weighted by Gasteiger charge is 2.27. The summed E-state index contributed by atoms with van der Waals surface area (Å²) in [6, 6.07) is -1.72. The maximum Gasteiger partial charge on any atom is 0.326 e. The van der Waals surface area contributed by atoms with Gasteiger partial charge in [0, 0.05) is 12.6 Å². The van der Waals surface area contributed by atoms with E-state index in [-0.39, 0.29) is 12.0 Å². The number of rotatable bonds is 9. The number of nitrogens with one attached hydrogen (secondary N) is 1. The number of nitrogens with two attached hydrogens (primary N) is 1. The van der Waals surface area contributed by atoms with Gasteiger partial charge >= 0.3 is 12.0 Å². The molecule has 0 aromatic heterocycles. The molecule has 0 radical (unpaired) electrons. The molecule has 1 unspecified atom stereocenters. The Morgan fingerprint density at radius 1 is 1.19 bits per heavy atom. The molecular formula is C14H27N3O4. The first-order valence-corrected chi connectivity index (χ1v) is 7.31. The number of hydrogen-bond acceptors (Lipinski definition) is 3. The molecule has 0 spiro atoms. The second-order valence-corrected chi connectivity index (χ2v) is 5.53. The van der Waals surface area contributed by atoms with Crippen molar-refractivity contribution in [2.24, 2.45) is 11.7 Å². The highest BCUT2D eigenvalue weighted by molar-refractivity contribution is 5.87. The van der Waals surface area contributed by atoms with Crippen LogP contribution in [0.1, 0.15) is 47.0 Å². The Labute approximate surface area is 125 Å². The van der Waals surface area contributed by atoms with Crippen LogP contribution < -0.4 is 11.1 Å². The van der Waals surface area contributed by atoms with Crippen molar-refractivity contribution in [3.05, 3.63) is 0 Å². The van der Waals surface area contributed by atoms with Gasteiger partial charge in [0.25, 0.3) is 0 Å². The van der Waals surface area contributed by atoms with Gasteiger partial charge in [-0.15, -0.1) is 0 Å². The third-order valence-electron chi connectivity index (χ3n) is 3.21. The number of aliphatic carboxylic acids is 1. The summed E-state index contributed by atoms with van der Waals surface area (Å²) in [6.45, 7) is 8.46. The zero-order valence-corrected chi connectivity index (χ0v) is 13.3. The van der Waals surface area contributed by atoms with E-state index < -0.39 is 30.4 Å². The Bertz CT molecular complexity index is 367. The lowest BCUT2D eigenvalue weighted by Gasteiger charge is -2.33. The van der Waals surface area contributed by atoms with Crippen molar-refractivity contribution in [2.75, 3.05) is 6.54 Å². The molecular weight excluding hydrogens is 274 g/mol. The number of carbonyl (C=O) groups is 3. The molecule has 0 fully saturated rings. The van der Waals surface area contributed by atoms with Gasteiger partial charge in [-0.25, -0.2) is 9.59 Å². The fraction of sp³-hybridized carbons (Fsp3) is 0.786. The number of primary amides is 1. The van der Waals surface area contributed by atoms with Gasteiger partial charge in [0.1, 0.15) is 6.04 Å². The van der Waals surface area contributed by atoms with Crippen LogP contribution in [0.15, 0.2) is 0 Å². The summed E-state index contributed by atoms with van der Waals surface area (Å²) in [6.07, 6.45) is 1.15. The number of carbonyl (C=O) groups excluding carboxylic acids is 2. The zero-order valence-electron chi connectivity index (χ0n) is 13.3. The SMILES string of the molecule is CCC(CC)N(CC(C)C)C(=O)NC(CC(N)=O)C(=O)O.